The first-order valence-corrected chi connectivity index (χ1v) is 7.45. The predicted octanol–water partition coefficient (Wildman–Crippen LogP) is 4.44. The number of hydrogen-bond acceptors (Lipinski definition) is 1. The molecule has 0 heterocycles. The first-order valence-electron chi connectivity index (χ1n) is 6.92. The molecule has 2 heteroatoms. The summed E-state index contributed by atoms with van der Waals surface area (Å²) in [7, 11) is 0. The molecule has 0 aromatic carbocycles. The molecule has 4 fully saturated rings. The molecule has 4 rings (SSSR count). The average Bonchev–Trinajstić information content (AvgIpc) is 2.28. The van der Waals surface area contributed by atoms with E-state index in [1.165, 1.54) is 32.1 Å². The van der Waals surface area contributed by atoms with Crippen molar-refractivity contribution in [2.45, 2.75) is 58.5 Å². The molecule has 4 aliphatic rings. The van der Waals surface area contributed by atoms with Crippen LogP contribution in [0.5, 0.6) is 0 Å². The van der Waals surface area contributed by atoms with Crippen molar-refractivity contribution >= 4 is 11.6 Å². The molecule has 0 amide bonds. The van der Waals surface area contributed by atoms with Crippen LogP contribution in [0.25, 0.3) is 0 Å². The van der Waals surface area contributed by atoms with Crippen LogP contribution < -0.4 is 0 Å². The highest BCUT2D eigenvalue weighted by Crippen LogP contribution is 2.59. The normalized spacial score (nSPS) is 48.8. The Balaban J connectivity index is 0.000000457. The van der Waals surface area contributed by atoms with Crippen molar-refractivity contribution in [2.75, 3.05) is 6.07 Å². The Morgan fingerprint density at radius 2 is 1.44 bits per heavy atom. The second-order valence-corrected chi connectivity index (χ2v) is 5.96. The van der Waals surface area contributed by atoms with E-state index in [0.717, 1.165) is 23.7 Å². The van der Waals surface area contributed by atoms with Gasteiger partial charge < -0.3 is 4.74 Å². The highest BCUT2D eigenvalue weighted by molar-refractivity contribution is 6.17. The van der Waals surface area contributed by atoms with Crippen LogP contribution >= 0.6 is 11.6 Å². The molecule has 4 aliphatic carbocycles. The lowest BCUT2D eigenvalue weighted by Crippen LogP contribution is -2.57. The lowest BCUT2D eigenvalue weighted by molar-refractivity contribution is -0.184. The van der Waals surface area contributed by atoms with Gasteiger partial charge in [0.15, 0.2) is 0 Å². The first-order chi connectivity index (χ1) is 7.72. The summed E-state index contributed by atoms with van der Waals surface area (Å²) in [5.74, 6) is 3.64. The molecule has 0 aromatic heterocycles. The fourth-order valence-corrected chi connectivity index (χ4v) is 4.71. The third kappa shape index (κ3) is 1.90. The number of hydrogen-bond donors (Lipinski definition) is 0. The Morgan fingerprint density at radius 3 is 1.81 bits per heavy atom. The number of rotatable bonds is 2. The Hall–Kier alpha value is 0.250. The van der Waals surface area contributed by atoms with Crippen LogP contribution in [-0.4, -0.2) is 11.7 Å². The van der Waals surface area contributed by atoms with E-state index in [-0.39, 0.29) is 5.60 Å². The zero-order chi connectivity index (χ0) is 11.8. The molecule has 0 aliphatic heterocycles. The van der Waals surface area contributed by atoms with E-state index in [2.05, 4.69) is 6.92 Å². The minimum absolute atomic E-state index is 0.120. The smallest absolute Gasteiger partial charge is 0.121 e. The third-order valence-electron chi connectivity index (χ3n) is 5.12. The van der Waals surface area contributed by atoms with Crippen molar-refractivity contribution in [3.63, 3.8) is 0 Å². The fraction of sp³-hybridized carbons (Fsp3) is 1.00. The number of ether oxygens (including phenoxy) is 1. The Labute approximate surface area is 105 Å². The maximum Gasteiger partial charge on any atom is 0.121 e. The second kappa shape index (κ2) is 4.86. The van der Waals surface area contributed by atoms with Crippen molar-refractivity contribution in [1.82, 2.24) is 0 Å². The predicted molar refractivity (Wildman–Crippen MR) is 68.6 cm³/mol. The largest absolute Gasteiger partial charge is 0.359 e. The summed E-state index contributed by atoms with van der Waals surface area (Å²) in [6, 6.07) is 0.374. The molecule has 0 unspecified atom stereocenters. The van der Waals surface area contributed by atoms with Gasteiger partial charge >= 0.3 is 0 Å². The van der Waals surface area contributed by atoms with Crippen LogP contribution in [-0.2, 0) is 4.74 Å². The fourth-order valence-electron chi connectivity index (χ4n) is 4.47. The van der Waals surface area contributed by atoms with Gasteiger partial charge in [-0.25, -0.2) is 0 Å². The van der Waals surface area contributed by atoms with E-state index in [4.69, 9.17) is 16.3 Å². The van der Waals surface area contributed by atoms with Gasteiger partial charge in [-0.3, -0.25) is 0 Å². The molecule has 0 radical (unpaired) electrons. The molecule has 16 heavy (non-hydrogen) atoms. The Morgan fingerprint density at radius 1 is 1.00 bits per heavy atom. The van der Waals surface area contributed by atoms with Gasteiger partial charge in [-0.2, -0.15) is 0 Å². The SMILES string of the molecule is CC.CC1(OCCl)C2CC3CC(C2)CC1C3. The molecule has 4 bridgehead atoms. The summed E-state index contributed by atoms with van der Waals surface area (Å²) in [5, 5.41) is 0. The molecular formula is C14H25ClO. The molecule has 0 N–H and O–H groups in total. The standard InChI is InChI=1S/C12H19ClO.C2H6/c1-12(14-7-13)10-3-8-2-9(5-10)6-11(12)4-8;1-2/h8-11H,2-7H2,1H3;1-2H3. The van der Waals surface area contributed by atoms with Crippen LogP contribution in [0.3, 0.4) is 0 Å². The molecule has 1 nitrogen and oxygen atoms in total. The van der Waals surface area contributed by atoms with Gasteiger partial charge in [-0.1, -0.05) is 25.4 Å². The van der Waals surface area contributed by atoms with Gasteiger partial charge in [0, 0.05) is 0 Å². The summed E-state index contributed by atoms with van der Waals surface area (Å²) in [6.45, 7) is 6.31. The summed E-state index contributed by atoms with van der Waals surface area (Å²) in [4.78, 5) is 0. The molecule has 0 spiro atoms. The Kier molecular flexibility index (Phi) is 3.86. The van der Waals surface area contributed by atoms with E-state index in [9.17, 15) is 0 Å². The van der Waals surface area contributed by atoms with Crippen LogP contribution in [0.4, 0.5) is 0 Å². The molecule has 0 saturated heterocycles. The number of alkyl halides is 1. The quantitative estimate of drug-likeness (QED) is 0.653. The van der Waals surface area contributed by atoms with E-state index in [1.54, 1.807) is 0 Å². The van der Waals surface area contributed by atoms with E-state index >= 15 is 0 Å². The van der Waals surface area contributed by atoms with E-state index in [0.29, 0.717) is 6.07 Å². The van der Waals surface area contributed by atoms with Gasteiger partial charge in [-0.15, -0.1) is 0 Å². The van der Waals surface area contributed by atoms with E-state index in [1.807, 2.05) is 13.8 Å². The topological polar surface area (TPSA) is 9.23 Å². The average molecular weight is 245 g/mol. The highest BCUT2D eigenvalue weighted by atomic mass is 35.5. The van der Waals surface area contributed by atoms with Gasteiger partial charge in [0.1, 0.15) is 6.07 Å². The molecule has 0 atom stereocenters. The Bertz CT molecular complexity index is 211. The van der Waals surface area contributed by atoms with Gasteiger partial charge in [0.25, 0.3) is 0 Å². The first kappa shape index (κ1) is 12.7. The molecule has 94 valence electrons. The van der Waals surface area contributed by atoms with Crippen molar-refractivity contribution in [2.24, 2.45) is 23.7 Å². The number of halogens is 1. The van der Waals surface area contributed by atoms with Crippen molar-refractivity contribution in [1.29, 1.82) is 0 Å². The maximum absolute atomic E-state index is 5.87. The van der Waals surface area contributed by atoms with Crippen molar-refractivity contribution < 1.29 is 4.74 Å². The monoisotopic (exact) mass is 244 g/mol. The van der Waals surface area contributed by atoms with Crippen LogP contribution in [0.15, 0.2) is 0 Å². The maximum atomic E-state index is 5.87. The zero-order valence-electron chi connectivity index (χ0n) is 10.8. The minimum atomic E-state index is 0.120. The lowest BCUT2D eigenvalue weighted by Gasteiger charge is -2.59. The molecular weight excluding hydrogens is 220 g/mol. The summed E-state index contributed by atoms with van der Waals surface area (Å²) >= 11 is 5.76. The third-order valence-corrected chi connectivity index (χ3v) is 5.23. The summed E-state index contributed by atoms with van der Waals surface area (Å²) < 4.78 is 5.87. The van der Waals surface area contributed by atoms with Crippen molar-refractivity contribution in [3.05, 3.63) is 0 Å². The summed E-state index contributed by atoms with van der Waals surface area (Å²) in [6.07, 6.45) is 7.12. The van der Waals surface area contributed by atoms with Crippen LogP contribution in [0.2, 0.25) is 0 Å². The summed E-state index contributed by atoms with van der Waals surface area (Å²) in [5.41, 5.74) is 0.120. The second-order valence-electron chi connectivity index (χ2n) is 5.74. The van der Waals surface area contributed by atoms with E-state index < -0.39 is 0 Å². The molecule has 4 saturated carbocycles. The van der Waals surface area contributed by atoms with Gasteiger partial charge in [0.2, 0.25) is 0 Å². The van der Waals surface area contributed by atoms with Gasteiger partial charge in [-0.05, 0) is 62.7 Å². The molecule has 0 aromatic rings. The van der Waals surface area contributed by atoms with Crippen LogP contribution in [0, 0.1) is 23.7 Å². The minimum Gasteiger partial charge on any atom is -0.359 e. The zero-order valence-corrected chi connectivity index (χ0v) is 11.6. The highest BCUT2D eigenvalue weighted by Gasteiger charge is 2.55. The van der Waals surface area contributed by atoms with Crippen LogP contribution in [0.1, 0.15) is 52.9 Å². The van der Waals surface area contributed by atoms with Crippen molar-refractivity contribution in [3.8, 4) is 0 Å². The lowest BCUT2D eigenvalue weighted by atomic mass is 9.50. The van der Waals surface area contributed by atoms with Gasteiger partial charge in [0.05, 0.1) is 5.60 Å².